The molecule has 0 saturated heterocycles. The summed E-state index contributed by atoms with van der Waals surface area (Å²) < 4.78 is 7.47. The maximum atomic E-state index is 5.52. The predicted molar refractivity (Wildman–Crippen MR) is 73.5 cm³/mol. The molecule has 0 amide bonds. The van der Waals surface area contributed by atoms with Crippen LogP contribution in [0.5, 0.6) is 5.75 Å². The van der Waals surface area contributed by atoms with E-state index in [9.17, 15) is 0 Å². The summed E-state index contributed by atoms with van der Waals surface area (Å²) in [6.45, 7) is 3.42. The average Bonchev–Trinajstić information content (AvgIpc) is 2.20. The summed E-state index contributed by atoms with van der Waals surface area (Å²) in [5, 5.41) is 1.93. The van der Waals surface area contributed by atoms with Crippen LogP contribution in [0.15, 0.2) is 21.1 Å². The van der Waals surface area contributed by atoms with Gasteiger partial charge in [0.1, 0.15) is 5.75 Å². The maximum absolute atomic E-state index is 5.52. The first-order valence-corrected chi connectivity index (χ1v) is 6.64. The van der Waals surface area contributed by atoms with Gasteiger partial charge in [-0.3, -0.25) is 10.4 Å². The highest BCUT2D eigenvalue weighted by atomic mass is 79.9. The molecule has 0 unspecified atom stereocenters. The monoisotopic (exact) mass is 350 g/mol. The molecule has 0 saturated carbocycles. The zero-order valence-corrected chi connectivity index (χ0v) is 12.9. The molecule has 16 heavy (non-hydrogen) atoms. The Balaban J connectivity index is 2.82. The largest absolute Gasteiger partial charge is 0.492 e. The Morgan fingerprint density at radius 3 is 2.25 bits per heavy atom. The number of halogens is 2. The lowest BCUT2D eigenvalue weighted by atomic mass is 10.2. The van der Waals surface area contributed by atoms with E-state index in [0.717, 1.165) is 21.2 Å². The highest BCUT2D eigenvalue weighted by molar-refractivity contribution is 9.11. The maximum Gasteiger partial charge on any atom is 0.147 e. The van der Waals surface area contributed by atoms with E-state index in [1.54, 1.807) is 0 Å². The fraction of sp³-hybridized carbons (Fsp3) is 0.455. The van der Waals surface area contributed by atoms with Crippen LogP contribution in [0.25, 0.3) is 0 Å². The van der Waals surface area contributed by atoms with Crippen LogP contribution in [-0.4, -0.2) is 25.7 Å². The van der Waals surface area contributed by atoms with Gasteiger partial charge in [-0.2, -0.15) is 0 Å². The van der Waals surface area contributed by atoms with Gasteiger partial charge in [-0.15, -0.1) is 0 Å². The number of hydrogen-bond donors (Lipinski definition) is 1. The molecule has 0 aromatic heterocycles. The molecule has 1 aromatic rings. The molecule has 0 bridgehead atoms. The van der Waals surface area contributed by atoms with Gasteiger partial charge in [-0.25, -0.2) is 0 Å². The minimum absolute atomic E-state index is 0.659. The van der Waals surface area contributed by atoms with Gasteiger partial charge in [-0.1, -0.05) is 0 Å². The van der Waals surface area contributed by atoms with Gasteiger partial charge in [0.15, 0.2) is 0 Å². The van der Waals surface area contributed by atoms with Gasteiger partial charge in [0.25, 0.3) is 0 Å². The predicted octanol–water partition coefficient (Wildman–Crippen LogP) is 3.18. The van der Waals surface area contributed by atoms with Gasteiger partial charge in [0.2, 0.25) is 0 Å². The van der Waals surface area contributed by atoms with Crippen LogP contribution < -0.4 is 10.2 Å². The first kappa shape index (κ1) is 14.0. The van der Waals surface area contributed by atoms with E-state index in [1.807, 2.05) is 26.0 Å². The Kier molecular flexibility index (Phi) is 5.75. The van der Waals surface area contributed by atoms with Crippen LogP contribution in [0.3, 0.4) is 0 Å². The third-order valence-corrected chi connectivity index (χ3v) is 3.12. The van der Waals surface area contributed by atoms with E-state index >= 15 is 0 Å². The van der Waals surface area contributed by atoms with Crippen molar-refractivity contribution in [2.75, 3.05) is 20.7 Å². The Morgan fingerprint density at radius 1 is 1.25 bits per heavy atom. The van der Waals surface area contributed by atoms with Gasteiger partial charge >= 0.3 is 0 Å². The number of benzene rings is 1. The molecule has 0 fully saturated rings. The van der Waals surface area contributed by atoms with E-state index in [1.165, 1.54) is 5.56 Å². The third-order valence-electron chi connectivity index (χ3n) is 1.95. The lowest BCUT2D eigenvalue weighted by molar-refractivity contribution is 0.285. The van der Waals surface area contributed by atoms with Crippen molar-refractivity contribution >= 4 is 31.9 Å². The first-order valence-electron chi connectivity index (χ1n) is 5.06. The third kappa shape index (κ3) is 4.05. The van der Waals surface area contributed by atoms with Gasteiger partial charge < -0.3 is 4.74 Å². The highest BCUT2D eigenvalue weighted by Gasteiger charge is 2.08. The Labute approximate surface area is 113 Å². The quantitative estimate of drug-likeness (QED) is 0.824. The van der Waals surface area contributed by atoms with Crippen molar-refractivity contribution in [3.63, 3.8) is 0 Å². The SMILES string of the molecule is CCOc1c(Br)cc(CNN(C)C)cc1Br. The van der Waals surface area contributed by atoms with Crippen molar-refractivity contribution in [2.24, 2.45) is 0 Å². The van der Waals surface area contributed by atoms with E-state index in [0.29, 0.717) is 6.61 Å². The van der Waals surface area contributed by atoms with E-state index in [-0.39, 0.29) is 0 Å². The van der Waals surface area contributed by atoms with Crippen molar-refractivity contribution in [2.45, 2.75) is 13.5 Å². The molecule has 0 radical (unpaired) electrons. The number of rotatable bonds is 5. The van der Waals surface area contributed by atoms with Crippen molar-refractivity contribution in [3.05, 3.63) is 26.6 Å². The van der Waals surface area contributed by atoms with Crippen molar-refractivity contribution in [3.8, 4) is 5.75 Å². The zero-order valence-electron chi connectivity index (χ0n) is 9.68. The van der Waals surface area contributed by atoms with E-state index < -0.39 is 0 Å². The molecule has 0 atom stereocenters. The molecule has 0 aliphatic rings. The molecule has 0 aliphatic carbocycles. The molecule has 3 nitrogen and oxygen atoms in total. The Bertz CT molecular complexity index is 333. The summed E-state index contributed by atoms with van der Waals surface area (Å²) in [6, 6.07) is 4.12. The topological polar surface area (TPSA) is 24.5 Å². The van der Waals surface area contributed by atoms with Crippen LogP contribution in [-0.2, 0) is 6.54 Å². The highest BCUT2D eigenvalue weighted by Crippen LogP contribution is 2.34. The molecule has 0 heterocycles. The number of ether oxygens (including phenoxy) is 1. The molecule has 1 N–H and O–H groups in total. The van der Waals surface area contributed by atoms with Crippen molar-refractivity contribution in [1.82, 2.24) is 10.4 Å². The Hall–Kier alpha value is -0.100. The first-order chi connectivity index (χ1) is 7.54. The second kappa shape index (κ2) is 6.59. The Morgan fingerprint density at radius 2 is 1.81 bits per heavy atom. The van der Waals surface area contributed by atoms with Crippen molar-refractivity contribution in [1.29, 1.82) is 0 Å². The average molecular weight is 352 g/mol. The van der Waals surface area contributed by atoms with Gasteiger partial charge in [-0.05, 0) is 56.5 Å². The summed E-state index contributed by atoms with van der Waals surface area (Å²) in [7, 11) is 3.94. The lowest BCUT2D eigenvalue weighted by Crippen LogP contribution is -2.29. The molecular formula is C11H16Br2N2O. The summed E-state index contributed by atoms with van der Waals surface area (Å²) in [4.78, 5) is 0. The minimum Gasteiger partial charge on any atom is -0.492 e. The number of nitrogens with zero attached hydrogens (tertiary/aromatic N) is 1. The molecule has 1 rings (SSSR count). The standard InChI is InChI=1S/C11H16Br2N2O/c1-4-16-11-9(12)5-8(6-10(11)13)7-14-15(2)3/h5-6,14H,4,7H2,1-3H3. The number of hydrogen-bond acceptors (Lipinski definition) is 3. The van der Waals surface area contributed by atoms with Crippen LogP contribution in [0, 0.1) is 0 Å². The number of hydrazine groups is 1. The van der Waals surface area contributed by atoms with Gasteiger partial charge in [0, 0.05) is 20.6 Å². The van der Waals surface area contributed by atoms with E-state index in [4.69, 9.17) is 4.74 Å². The summed E-state index contributed by atoms with van der Waals surface area (Å²) >= 11 is 7.02. The fourth-order valence-corrected chi connectivity index (χ4v) is 2.76. The van der Waals surface area contributed by atoms with E-state index in [2.05, 4.69) is 49.4 Å². The fourth-order valence-electron chi connectivity index (χ4n) is 1.25. The zero-order chi connectivity index (χ0) is 12.1. The van der Waals surface area contributed by atoms with Crippen molar-refractivity contribution < 1.29 is 4.74 Å². The number of nitrogens with one attached hydrogen (secondary N) is 1. The lowest BCUT2D eigenvalue weighted by Gasteiger charge is -2.14. The van der Waals surface area contributed by atoms with Crippen LogP contribution >= 0.6 is 31.9 Å². The molecule has 5 heteroatoms. The second-order valence-electron chi connectivity index (χ2n) is 3.55. The second-order valence-corrected chi connectivity index (χ2v) is 5.26. The summed E-state index contributed by atoms with van der Waals surface area (Å²) in [5.41, 5.74) is 4.41. The molecule has 0 spiro atoms. The molecule has 90 valence electrons. The minimum atomic E-state index is 0.659. The summed E-state index contributed by atoms with van der Waals surface area (Å²) in [6.07, 6.45) is 0. The summed E-state index contributed by atoms with van der Waals surface area (Å²) in [5.74, 6) is 0.858. The van der Waals surface area contributed by atoms with Crippen LogP contribution in [0.1, 0.15) is 12.5 Å². The molecular weight excluding hydrogens is 336 g/mol. The molecule has 1 aromatic carbocycles. The van der Waals surface area contributed by atoms with Gasteiger partial charge in [0.05, 0.1) is 15.6 Å². The normalized spacial score (nSPS) is 10.9. The van der Waals surface area contributed by atoms with Crippen LogP contribution in [0.4, 0.5) is 0 Å². The molecule has 0 aliphatic heterocycles. The van der Waals surface area contributed by atoms with Crippen LogP contribution in [0.2, 0.25) is 0 Å². The smallest absolute Gasteiger partial charge is 0.147 e.